The molecule has 2 N–H and O–H groups in total. The largest absolute Gasteiger partial charge is 0.497 e. The van der Waals surface area contributed by atoms with Crippen molar-refractivity contribution in [3.63, 3.8) is 0 Å². The number of thioether (sulfide) groups is 1. The number of aliphatic carboxylic acids is 1. The molecule has 0 radical (unpaired) electrons. The molecule has 6 heteroatoms. The van der Waals surface area contributed by atoms with Crippen LogP contribution in [-0.4, -0.2) is 46.7 Å². The maximum atomic E-state index is 10.8. The number of aliphatic hydroxyl groups excluding tert-OH is 1. The Morgan fingerprint density at radius 3 is 3.00 bits per heavy atom. The topological polar surface area (TPSA) is 70.0 Å². The highest BCUT2D eigenvalue weighted by atomic mass is 32.2. The number of methoxy groups -OCH3 is 1. The number of hydrogen-bond acceptors (Lipinski definition) is 5. The van der Waals surface area contributed by atoms with Gasteiger partial charge in [0.05, 0.1) is 7.11 Å². The molecule has 5 nitrogen and oxygen atoms in total. The number of benzene rings is 1. The van der Waals surface area contributed by atoms with E-state index in [2.05, 4.69) is 0 Å². The summed E-state index contributed by atoms with van der Waals surface area (Å²) in [6, 6.07) is 5.74. The van der Waals surface area contributed by atoms with Crippen LogP contribution in [0, 0.1) is 0 Å². The molecule has 1 atom stereocenters. The summed E-state index contributed by atoms with van der Waals surface area (Å²) in [5, 5.41) is 18.5. The molecule has 1 heterocycles. The average Bonchev–Trinajstić information content (AvgIpc) is 2.58. The molecule has 0 bridgehead atoms. The number of hydrogen-bond donors (Lipinski definition) is 2. The third-order valence-electron chi connectivity index (χ3n) is 2.84. The molecular weight excluding hydrogens is 254 g/mol. The van der Waals surface area contributed by atoms with Gasteiger partial charge in [-0.2, -0.15) is 0 Å². The number of aliphatic hydroxyl groups is 1. The minimum atomic E-state index is -1.46. The van der Waals surface area contributed by atoms with Gasteiger partial charge in [0.15, 0.2) is 0 Å². The Labute approximate surface area is 109 Å². The minimum absolute atomic E-state index is 0.410. The van der Waals surface area contributed by atoms with E-state index in [1.165, 1.54) is 0 Å². The number of nitrogens with zero attached hydrogens (tertiary/aromatic N) is 1. The van der Waals surface area contributed by atoms with Gasteiger partial charge in [0.25, 0.3) is 0 Å². The lowest BCUT2D eigenvalue weighted by Gasteiger charge is -2.23. The molecule has 1 aromatic carbocycles. The summed E-state index contributed by atoms with van der Waals surface area (Å²) < 4.78 is 5.16. The van der Waals surface area contributed by atoms with Crippen molar-refractivity contribution in [2.75, 3.05) is 19.4 Å². The van der Waals surface area contributed by atoms with Crippen LogP contribution in [0.3, 0.4) is 0 Å². The summed E-state index contributed by atoms with van der Waals surface area (Å²) >= 11 is 1.66. The smallest absolute Gasteiger partial charge is 0.348 e. The molecule has 1 aromatic rings. The lowest BCUT2D eigenvalue weighted by molar-refractivity contribution is -0.157. The van der Waals surface area contributed by atoms with E-state index in [1.807, 2.05) is 18.2 Å². The predicted octanol–water partition coefficient (Wildman–Crippen LogP) is 1.01. The summed E-state index contributed by atoms with van der Waals surface area (Å²) in [5.41, 5.74) is 0.983. The van der Waals surface area contributed by atoms with Gasteiger partial charge in [0.2, 0.25) is 6.23 Å². The van der Waals surface area contributed by atoms with Crippen LogP contribution in [0.1, 0.15) is 5.56 Å². The highest BCUT2D eigenvalue weighted by Crippen LogP contribution is 2.30. The molecule has 1 unspecified atom stereocenters. The third kappa shape index (κ3) is 2.77. The first kappa shape index (κ1) is 13.2. The Balaban J connectivity index is 2.24. The van der Waals surface area contributed by atoms with Crippen molar-refractivity contribution in [2.45, 2.75) is 17.7 Å². The molecule has 18 heavy (non-hydrogen) atoms. The lowest BCUT2D eigenvalue weighted by Crippen LogP contribution is -2.41. The molecule has 0 spiro atoms. The van der Waals surface area contributed by atoms with Crippen LogP contribution in [0.15, 0.2) is 23.1 Å². The van der Waals surface area contributed by atoms with E-state index in [-0.39, 0.29) is 0 Å². The van der Waals surface area contributed by atoms with Gasteiger partial charge in [-0.15, -0.1) is 11.8 Å². The predicted molar refractivity (Wildman–Crippen MR) is 67.8 cm³/mol. The number of carboxylic acids is 1. The number of fused-ring (bicyclic) bond motifs is 1. The van der Waals surface area contributed by atoms with Gasteiger partial charge >= 0.3 is 5.97 Å². The van der Waals surface area contributed by atoms with Crippen LogP contribution < -0.4 is 4.74 Å². The molecule has 98 valence electrons. The van der Waals surface area contributed by atoms with Gasteiger partial charge in [-0.3, -0.25) is 4.90 Å². The van der Waals surface area contributed by atoms with E-state index >= 15 is 0 Å². The maximum absolute atomic E-state index is 10.8. The van der Waals surface area contributed by atoms with Crippen LogP contribution in [0.4, 0.5) is 0 Å². The van der Waals surface area contributed by atoms with E-state index in [9.17, 15) is 9.90 Å². The van der Waals surface area contributed by atoms with Gasteiger partial charge in [-0.05, 0) is 23.8 Å². The first-order valence-corrected chi connectivity index (χ1v) is 6.55. The second kappa shape index (κ2) is 5.60. The van der Waals surface area contributed by atoms with Crippen LogP contribution >= 0.6 is 11.8 Å². The van der Waals surface area contributed by atoms with Crippen molar-refractivity contribution in [1.82, 2.24) is 4.90 Å². The number of carbonyl (C=O) groups is 1. The first-order valence-electron chi connectivity index (χ1n) is 5.56. The molecule has 0 saturated carbocycles. The van der Waals surface area contributed by atoms with Crippen molar-refractivity contribution >= 4 is 17.7 Å². The van der Waals surface area contributed by atoms with E-state index in [4.69, 9.17) is 9.84 Å². The molecule has 1 aliphatic rings. The Morgan fingerprint density at radius 1 is 1.56 bits per heavy atom. The van der Waals surface area contributed by atoms with Crippen LogP contribution in [-0.2, 0) is 11.3 Å². The number of rotatable bonds is 3. The SMILES string of the molecule is COc1ccc2c(c1)CN(C(O)C(=O)O)CCS2. The second-order valence-corrected chi connectivity index (χ2v) is 5.14. The average molecular weight is 269 g/mol. The highest BCUT2D eigenvalue weighted by molar-refractivity contribution is 7.99. The van der Waals surface area contributed by atoms with E-state index < -0.39 is 12.2 Å². The van der Waals surface area contributed by atoms with E-state index in [0.717, 1.165) is 22.0 Å². The van der Waals surface area contributed by atoms with Gasteiger partial charge in [-0.1, -0.05) is 0 Å². The molecule has 0 saturated heterocycles. The molecule has 0 aromatic heterocycles. The number of carboxylic acid groups (broad SMARTS) is 1. The first-order chi connectivity index (χ1) is 8.61. The normalized spacial score (nSPS) is 17.7. The fourth-order valence-electron chi connectivity index (χ4n) is 1.88. The molecule has 0 fully saturated rings. The maximum Gasteiger partial charge on any atom is 0.348 e. The molecule has 2 rings (SSSR count). The molecule has 1 aliphatic heterocycles. The summed E-state index contributed by atoms with van der Waals surface area (Å²) in [6.07, 6.45) is -1.46. The highest BCUT2D eigenvalue weighted by Gasteiger charge is 2.25. The quantitative estimate of drug-likeness (QED) is 0.853. The van der Waals surface area contributed by atoms with Crippen molar-refractivity contribution in [3.8, 4) is 5.75 Å². The fourth-order valence-corrected chi connectivity index (χ4v) is 2.90. The Kier molecular flexibility index (Phi) is 4.11. The van der Waals surface area contributed by atoms with Gasteiger partial charge < -0.3 is 14.9 Å². The summed E-state index contributed by atoms with van der Waals surface area (Å²) in [6.45, 7) is 0.947. The van der Waals surface area contributed by atoms with Crippen LogP contribution in [0.25, 0.3) is 0 Å². The Morgan fingerprint density at radius 2 is 2.33 bits per heavy atom. The van der Waals surface area contributed by atoms with Gasteiger partial charge in [-0.25, -0.2) is 4.79 Å². The summed E-state index contributed by atoms with van der Waals surface area (Å²) in [5.74, 6) is 0.274. The monoisotopic (exact) mass is 269 g/mol. The molecule has 0 aliphatic carbocycles. The Hall–Kier alpha value is -1.24. The van der Waals surface area contributed by atoms with E-state index in [0.29, 0.717) is 13.1 Å². The fraction of sp³-hybridized carbons (Fsp3) is 0.417. The van der Waals surface area contributed by atoms with Crippen molar-refractivity contribution in [2.24, 2.45) is 0 Å². The summed E-state index contributed by atoms with van der Waals surface area (Å²) in [4.78, 5) is 13.5. The van der Waals surface area contributed by atoms with Crippen molar-refractivity contribution < 1.29 is 19.7 Å². The Bertz CT molecular complexity index is 452. The van der Waals surface area contributed by atoms with Crippen molar-refractivity contribution in [3.05, 3.63) is 23.8 Å². The zero-order valence-electron chi connectivity index (χ0n) is 10.00. The standard InChI is InChI=1S/C12H15NO4S/c1-17-9-2-3-10-8(6-9)7-13(4-5-18-10)11(14)12(15)16/h2-3,6,11,14H,4-5,7H2,1H3,(H,15,16). The second-order valence-electron chi connectivity index (χ2n) is 4.00. The van der Waals surface area contributed by atoms with E-state index in [1.54, 1.807) is 23.8 Å². The van der Waals surface area contributed by atoms with Crippen LogP contribution in [0.5, 0.6) is 5.75 Å². The minimum Gasteiger partial charge on any atom is -0.497 e. The third-order valence-corrected chi connectivity index (χ3v) is 3.94. The van der Waals surface area contributed by atoms with Gasteiger partial charge in [0.1, 0.15) is 5.75 Å². The summed E-state index contributed by atoms with van der Waals surface area (Å²) in [7, 11) is 1.59. The van der Waals surface area contributed by atoms with Gasteiger partial charge in [0, 0.05) is 23.7 Å². The van der Waals surface area contributed by atoms with Crippen molar-refractivity contribution in [1.29, 1.82) is 0 Å². The van der Waals surface area contributed by atoms with Crippen LogP contribution in [0.2, 0.25) is 0 Å². The molecular formula is C12H15NO4S. The zero-order valence-corrected chi connectivity index (χ0v) is 10.8. The number of ether oxygens (including phenoxy) is 1. The lowest BCUT2D eigenvalue weighted by atomic mass is 10.2. The zero-order chi connectivity index (χ0) is 13.1. The molecule has 0 amide bonds.